The third-order valence-electron chi connectivity index (χ3n) is 3.17. The van der Waals surface area contributed by atoms with E-state index in [9.17, 15) is 9.50 Å². The lowest BCUT2D eigenvalue weighted by atomic mass is 10.1. The average Bonchev–Trinajstić information content (AvgIpc) is 2.93. The number of aromatic nitrogens is 4. The van der Waals surface area contributed by atoms with E-state index in [1.54, 1.807) is 0 Å². The van der Waals surface area contributed by atoms with Gasteiger partial charge in [0, 0.05) is 0 Å². The second-order valence-electron chi connectivity index (χ2n) is 4.38. The SMILES string of the molecule is Nc1nc(Cl)nc2c1ncn2[C@@H]1O[C@H](CO)C(O)C1F. The summed E-state index contributed by atoms with van der Waals surface area (Å²) in [5.41, 5.74) is 6.10. The summed E-state index contributed by atoms with van der Waals surface area (Å²) in [7, 11) is 0. The summed E-state index contributed by atoms with van der Waals surface area (Å²) in [6.07, 6.45) is -4.08. The monoisotopic (exact) mass is 303 g/mol. The van der Waals surface area contributed by atoms with Crippen LogP contribution in [0.25, 0.3) is 11.2 Å². The molecule has 2 unspecified atom stereocenters. The van der Waals surface area contributed by atoms with Gasteiger partial charge in [0.2, 0.25) is 5.28 Å². The van der Waals surface area contributed by atoms with Crippen molar-refractivity contribution >= 4 is 28.6 Å². The molecule has 1 fully saturated rings. The number of rotatable bonds is 2. The predicted molar refractivity (Wildman–Crippen MR) is 66.6 cm³/mol. The highest BCUT2D eigenvalue weighted by Gasteiger charge is 2.45. The molecule has 3 heterocycles. The number of hydrogen-bond donors (Lipinski definition) is 3. The second-order valence-corrected chi connectivity index (χ2v) is 4.72. The van der Waals surface area contributed by atoms with Crippen LogP contribution in [0.15, 0.2) is 6.33 Å². The minimum atomic E-state index is -1.74. The van der Waals surface area contributed by atoms with E-state index in [1.807, 2.05) is 0 Å². The normalized spacial score (nSPS) is 30.2. The molecule has 0 radical (unpaired) electrons. The molecule has 0 aliphatic carbocycles. The van der Waals surface area contributed by atoms with Gasteiger partial charge in [0.05, 0.1) is 12.9 Å². The summed E-state index contributed by atoms with van der Waals surface area (Å²) in [6, 6.07) is 0. The van der Waals surface area contributed by atoms with Crippen molar-refractivity contribution in [2.75, 3.05) is 12.3 Å². The van der Waals surface area contributed by atoms with E-state index in [-0.39, 0.29) is 22.3 Å². The Bertz CT molecular complexity index is 653. The Balaban J connectivity index is 2.07. The van der Waals surface area contributed by atoms with Crippen LogP contribution in [0.5, 0.6) is 0 Å². The van der Waals surface area contributed by atoms with Crippen molar-refractivity contribution in [2.45, 2.75) is 24.6 Å². The fourth-order valence-electron chi connectivity index (χ4n) is 2.18. The highest BCUT2D eigenvalue weighted by Crippen LogP contribution is 2.34. The number of aliphatic hydroxyl groups is 2. The van der Waals surface area contributed by atoms with E-state index in [0.29, 0.717) is 0 Å². The Hall–Kier alpha value is -1.55. The van der Waals surface area contributed by atoms with Crippen molar-refractivity contribution in [3.63, 3.8) is 0 Å². The van der Waals surface area contributed by atoms with Gasteiger partial charge in [-0.1, -0.05) is 0 Å². The zero-order valence-corrected chi connectivity index (χ0v) is 10.8. The van der Waals surface area contributed by atoms with Crippen molar-refractivity contribution in [3.05, 3.63) is 11.6 Å². The smallest absolute Gasteiger partial charge is 0.226 e. The summed E-state index contributed by atoms with van der Waals surface area (Å²) < 4.78 is 20.6. The molecule has 0 spiro atoms. The number of imidazole rings is 1. The minimum Gasteiger partial charge on any atom is -0.394 e. The number of aliphatic hydroxyl groups excluding tert-OH is 2. The first-order valence-electron chi connectivity index (χ1n) is 5.77. The first-order valence-corrected chi connectivity index (χ1v) is 6.14. The van der Waals surface area contributed by atoms with E-state index in [2.05, 4.69) is 15.0 Å². The van der Waals surface area contributed by atoms with Crippen molar-refractivity contribution < 1.29 is 19.3 Å². The molecule has 1 saturated heterocycles. The molecule has 108 valence electrons. The first kappa shape index (κ1) is 13.4. The maximum absolute atomic E-state index is 14.1. The number of alkyl halides is 1. The van der Waals surface area contributed by atoms with Crippen molar-refractivity contribution in [2.24, 2.45) is 0 Å². The van der Waals surface area contributed by atoms with E-state index >= 15 is 0 Å². The van der Waals surface area contributed by atoms with Crippen LogP contribution < -0.4 is 5.73 Å². The van der Waals surface area contributed by atoms with Gasteiger partial charge in [0.15, 0.2) is 23.9 Å². The van der Waals surface area contributed by atoms with Gasteiger partial charge < -0.3 is 20.7 Å². The molecular weight excluding hydrogens is 293 g/mol. The molecule has 2 aromatic heterocycles. The Morgan fingerprint density at radius 1 is 1.50 bits per heavy atom. The van der Waals surface area contributed by atoms with Crippen LogP contribution >= 0.6 is 11.6 Å². The van der Waals surface area contributed by atoms with Crippen LogP contribution in [0.1, 0.15) is 6.23 Å². The Labute approximate surface area is 117 Å². The molecule has 4 N–H and O–H groups in total. The predicted octanol–water partition coefficient (Wildman–Crippen LogP) is -0.349. The average molecular weight is 304 g/mol. The molecule has 0 amide bonds. The summed E-state index contributed by atoms with van der Waals surface area (Å²) in [5, 5.41) is 18.6. The lowest BCUT2D eigenvalue weighted by molar-refractivity contribution is -0.0459. The molecule has 10 heteroatoms. The van der Waals surface area contributed by atoms with Crippen LogP contribution in [0.3, 0.4) is 0 Å². The zero-order chi connectivity index (χ0) is 14.4. The van der Waals surface area contributed by atoms with E-state index in [4.69, 9.17) is 27.2 Å². The Morgan fingerprint density at radius 3 is 2.90 bits per heavy atom. The Kier molecular flexibility index (Phi) is 3.21. The van der Waals surface area contributed by atoms with Crippen LogP contribution in [0, 0.1) is 0 Å². The minimum absolute atomic E-state index is 0.0615. The van der Waals surface area contributed by atoms with Crippen LogP contribution in [-0.2, 0) is 4.74 Å². The number of anilines is 1. The van der Waals surface area contributed by atoms with Gasteiger partial charge >= 0.3 is 0 Å². The number of ether oxygens (including phenoxy) is 1. The lowest BCUT2D eigenvalue weighted by Crippen LogP contribution is -2.30. The first-order chi connectivity index (χ1) is 9.52. The zero-order valence-electron chi connectivity index (χ0n) is 10.0. The maximum atomic E-state index is 14.1. The molecule has 8 nitrogen and oxygen atoms in total. The topological polar surface area (TPSA) is 119 Å². The van der Waals surface area contributed by atoms with Gasteiger partial charge in [-0.15, -0.1) is 0 Å². The molecule has 2 aromatic rings. The summed E-state index contributed by atoms with van der Waals surface area (Å²) in [5.74, 6) is 0.0615. The molecule has 1 aliphatic rings. The van der Waals surface area contributed by atoms with E-state index in [1.165, 1.54) is 10.9 Å². The van der Waals surface area contributed by atoms with Crippen molar-refractivity contribution in [3.8, 4) is 0 Å². The third kappa shape index (κ3) is 1.90. The molecular formula is C10H11ClFN5O3. The molecule has 0 aromatic carbocycles. The molecule has 1 aliphatic heterocycles. The number of nitrogens with zero attached hydrogens (tertiary/aromatic N) is 4. The largest absolute Gasteiger partial charge is 0.394 e. The summed E-state index contributed by atoms with van der Waals surface area (Å²) in [4.78, 5) is 11.7. The molecule has 0 bridgehead atoms. The lowest BCUT2D eigenvalue weighted by Gasteiger charge is -2.15. The molecule has 0 saturated carbocycles. The van der Waals surface area contributed by atoms with Crippen LogP contribution in [0.2, 0.25) is 5.28 Å². The molecule has 3 rings (SSSR count). The quantitative estimate of drug-likeness (QED) is 0.649. The van der Waals surface area contributed by atoms with Gasteiger partial charge in [-0.2, -0.15) is 9.97 Å². The number of nitrogen functional groups attached to an aromatic ring is 1. The van der Waals surface area contributed by atoms with E-state index in [0.717, 1.165) is 0 Å². The number of fused-ring (bicyclic) bond motifs is 1. The van der Waals surface area contributed by atoms with Gasteiger partial charge in [-0.3, -0.25) is 4.57 Å². The maximum Gasteiger partial charge on any atom is 0.226 e. The van der Waals surface area contributed by atoms with Gasteiger partial charge in [0.1, 0.15) is 17.7 Å². The standard InChI is InChI=1S/C10H11ClFN5O3/c11-10-15-7(13)5-8(16-10)17(2-14-5)9-4(12)6(19)3(1-18)20-9/h2-4,6,9,18-19H,1H2,(H2,13,15,16)/t3-,4?,6?,9-/m1/s1. The highest BCUT2D eigenvalue weighted by molar-refractivity contribution is 6.28. The molecule has 4 atom stereocenters. The molecule has 20 heavy (non-hydrogen) atoms. The van der Waals surface area contributed by atoms with Crippen LogP contribution in [0.4, 0.5) is 10.2 Å². The number of nitrogens with two attached hydrogens (primary N) is 1. The van der Waals surface area contributed by atoms with Crippen molar-refractivity contribution in [1.82, 2.24) is 19.5 Å². The number of halogens is 2. The van der Waals surface area contributed by atoms with Gasteiger partial charge in [-0.05, 0) is 11.6 Å². The van der Waals surface area contributed by atoms with E-state index < -0.39 is 31.2 Å². The fourth-order valence-corrected chi connectivity index (χ4v) is 2.35. The Morgan fingerprint density at radius 2 is 2.25 bits per heavy atom. The fraction of sp³-hybridized carbons (Fsp3) is 0.500. The highest BCUT2D eigenvalue weighted by atomic mass is 35.5. The van der Waals surface area contributed by atoms with Gasteiger partial charge in [0.25, 0.3) is 0 Å². The third-order valence-corrected chi connectivity index (χ3v) is 3.34. The van der Waals surface area contributed by atoms with Crippen LogP contribution in [-0.4, -0.2) is 54.7 Å². The summed E-state index contributed by atoms with van der Waals surface area (Å²) in [6.45, 7) is -0.497. The van der Waals surface area contributed by atoms with Crippen molar-refractivity contribution in [1.29, 1.82) is 0 Å². The second kappa shape index (κ2) is 4.77. The van der Waals surface area contributed by atoms with Gasteiger partial charge in [-0.25, -0.2) is 9.37 Å². The number of hydrogen-bond acceptors (Lipinski definition) is 7. The summed E-state index contributed by atoms with van der Waals surface area (Å²) >= 11 is 5.71.